The number of carbonyl (C=O) groups excluding carboxylic acids is 1. The Morgan fingerprint density at radius 3 is 2.36 bits per heavy atom. The van der Waals surface area contributed by atoms with Crippen LogP contribution in [0.15, 0.2) is 42.5 Å². The number of primary amides is 1. The number of ether oxygens (including phenoxy) is 1. The van der Waals surface area contributed by atoms with Crippen molar-refractivity contribution in [1.29, 1.82) is 0 Å². The molecule has 2 aromatic rings. The molecule has 2 aliphatic heterocycles. The van der Waals surface area contributed by atoms with E-state index < -0.39 is 23.0 Å². The fourth-order valence-electron chi connectivity index (χ4n) is 4.10. The van der Waals surface area contributed by atoms with Gasteiger partial charge in [-0.1, -0.05) is 18.2 Å². The van der Waals surface area contributed by atoms with Gasteiger partial charge in [-0.15, -0.1) is 0 Å². The highest BCUT2D eigenvalue weighted by atomic mass is 32.2. The van der Waals surface area contributed by atoms with Crippen LogP contribution in [0.5, 0.6) is 5.75 Å². The Hall–Kier alpha value is -2.49. The van der Waals surface area contributed by atoms with Gasteiger partial charge in [0.25, 0.3) is 5.91 Å². The summed E-state index contributed by atoms with van der Waals surface area (Å²) in [6, 6.07) is 13.2. The van der Waals surface area contributed by atoms with Crippen LogP contribution < -0.4 is 15.4 Å². The molecule has 0 aromatic heterocycles. The minimum atomic E-state index is -1.94. The van der Waals surface area contributed by atoms with E-state index in [0.717, 1.165) is 63.8 Å². The van der Waals surface area contributed by atoms with Gasteiger partial charge in [0.05, 0.1) is 12.1 Å². The van der Waals surface area contributed by atoms with Crippen LogP contribution in [-0.2, 0) is 11.3 Å². The van der Waals surface area contributed by atoms with E-state index in [2.05, 4.69) is 17.0 Å². The Morgan fingerprint density at radius 2 is 1.82 bits per heavy atom. The van der Waals surface area contributed by atoms with Gasteiger partial charge in [-0.2, -0.15) is 0 Å². The van der Waals surface area contributed by atoms with Crippen LogP contribution in [0.1, 0.15) is 53.9 Å². The number of anilines is 1. The number of amides is 1. The van der Waals surface area contributed by atoms with E-state index in [1.54, 1.807) is 6.07 Å². The van der Waals surface area contributed by atoms with Crippen molar-refractivity contribution in [3.8, 4) is 5.75 Å². The number of hydrogen-bond donors (Lipinski definition) is 1. The van der Waals surface area contributed by atoms with E-state index in [4.69, 9.17) is 10.5 Å². The zero-order valence-corrected chi connectivity index (χ0v) is 19.3. The number of piperidine rings is 1. The molecule has 2 saturated heterocycles. The number of hydrogen-bond acceptors (Lipinski definition) is 5. The first kappa shape index (κ1) is 23.7. The molecule has 0 spiro atoms. The summed E-state index contributed by atoms with van der Waals surface area (Å²) in [5.74, 6) is -0.427. The van der Waals surface area contributed by atoms with Crippen LogP contribution in [0.3, 0.4) is 0 Å². The summed E-state index contributed by atoms with van der Waals surface area (Å²) in [6.07, 6.45) is 5.07. The van der Waals surface area contributed by atoms with Crippen LogP contribution in [0.25, 0.3) is 0 Å². The molecule has 2 N–H and O–H groups in total. The molecule has 1 amide bonds. The van der Waals surface area contributed by atoms with Gasteiger partial charge in [-0.05, 0) is 61.8 Å². The normalized spacial score (nSPS) is 21.4. The molecule has 0 radical (unpaired) electrons. The van der Waals surface area contributed by atoms with E-state index >= 15 is 0 Å². The van der Waals surface area contributed by atoms with Crippen molar-refractivity contribution >= 4 is 22.9 Å². The lowest BCUT2D eigenvalue weighted by molar-refractivity contribution is 0.0996. The smallest absolute Gasteiger partial charge is 0.251 e. The molecule has 7 nitrogen and oxygen atoms in total. The highest BCUT2D eigenvalue weighted by Crippen LogP contribution is 2.45. The monoisotopic (exact) mass is 474 g/mol. The number of nitrogens with two attached hydrogens (primary N) is 1. The molecule has 2 aromatic carbocycles. The third kappa shape index (κ3) is 6.10. The van der Waals surface area contributed by atoms with Gasteiger partial charge in [0.15, 0.2) is 0 Å². The molecule has 3 aliphatic rings. The molecule has 178 valence electrons. The van der Waals surface area contributed by atoms with Gasteiger partial charge in [0, 0.05) is 42.7 Å². The van der Waals surface area contributed by atoms with Crippen LogP contribution >= 0.6 is 0 Å². The summed E-state index contributed by atoms with van der Waals surface area (Å²) in [6.45, 7) is 3.20. The Kier molecular flexibility index (Phi) is 7.62. The average Bonchev–Trinajstić information content (AvgIpc) is 3.59. The van der Waals surface area contributed by atoms with Gasteiger partial charge in [0.1, 0.15) is 17.7 Å². The van der Waals surface area contributed by atoms with E-state index in [1.807, 2.05) is 18.2 Å². The molecule has 2 atom stereocenters. The minimum absolute atomic E-state index is 0.000263. The highest BCUT2D eigenvalue weighted by Gasteiger charge is 2.31. The van der Waals surface area contributed by atoms with Crippen LogP contribution in [0.4, 0.5) is 10.1 Å². The van der Waals surface area contributed by atoms with Gasteiger partial charge in [-0.3, -0.25) is 9.00 Å². The first-order valence-corrected chi connectivity index (χ1v) is 12.4. The van der Waals surface area contributed by atoms with Crippen LogP contribution in [-0.4, -0.2) is 51.3 Å². The van der Waals surface area contributed by atoms with Gasteiger partial charge in [-0.25, -0.2) is 8.70 Å². The number of carbonyl (C=O) groups is 1. The molecule has 1 unspecified atom stereocenters. The van der Waals surface area contributed by atoms with Gasteiger partial charge in [0.2, 0.25) is 0 Å². The van der Waals surface area contributed by atoms with Crippen molar-refractivity contribution in [3.05, 3.63) is 59.4 Å². The number of nitrogens with zero attached hydrogens (tertiary/aromatic N) is 2. The lowest BCUT2D eigenvalue weighted by Crippen LogP contribution is -2.41. The zero-order valence-electron chi connectivity index (χ0n) is 18.5. The molecular weight excluding hydrogens is 445 g/mol. The number of halogens is 1. The van der Waals surface area contributed by atoms with Crippen molar-refractivity contribution in [2.24, 2.45) is 5.73 Å². The van der Waals surface area contributed by atoms with Crippen LogP contribution in [0.2, 0.25) is 0 Å². The number of rotatable bonds is 6. The minimum Gasteiger partial charge on any atom is -0.760 e. The van der Waals surface area contributed by atoms with Crippen molar-refractivity contribution in [3.63, 3.8) is 0 Å². The first-order valence-electron chi connectivity index (χ1n) is 11.4. The summed E-state index contributed by atoms with van der Waals surface area (Å²) in [4.78, 5) is 13.8. The predicted molar refractivity (Wildman–Crippen MR) is 124 cm³/mol. The van der Waals surface area contributed by atoms with Crippen LogP contribution in [0, 0.1) is 5.82 Å². The Balaban J connectivity index is 0.000000318. The fraction of sp³-hybridized carbons (Fsp3) is 0.458. The van der Waals surface area contributed by atoms with Crippen molar-refractivity contribution < 1.29 is 22.7 Å². The van der Waals surface area contributed by atoms with Crippen molar-refractivity contribution in [2.45, 2.75) is 44.1 Å². The summed E-state index contributed by atoms with van der Waals surface area (Å²) in [7, 11) is 0. The quantitative estimate of drug-likeness (QED) is 0.648. The second-order valence-corrected chi connectivity index (χ2v) is 9.62. The number of benzene rings is 2. The van der Waals surface area contributed by atoms with Gasteiger partial charge >= 0.3 is 0 Å². The third-order valence-electron chi connectivity index (χ3n) is 6.20. The molecule has 3 fully saturated rings. The topological polar surface area (TPSA) is 98.9 Å². The summed E-state index contributed by atoms with van der Waals surface area (Å²) in [5.41, 5.74) is 7.34. The average molecular weight is 475 g/mol. The molecule has 1 aliphatic carbocycles. The van der Waals surface area contributed by atoms with Crippen molar-refractivity contribution in [2.75, 3.05) is 31.1 Å². The molecule has 9 heteroatoms. The standard InChI is InChI=1S/C21H23FN2O2.C3H7NO2S/c22-19-12-20(17(14-8-9-14)11-18(19)21(23)25)26-16-7-4-10-24(13-16)15-5-2-1-3-6-15;5-7(6)4-2-1-3-4/h1-3,5-6,11-12,14,16H,4,7-10,13H2,(H2,23,25);1-3H2,(H,5,6)/p-1/t16-;/m1./s1. The van der Waals surface area contributed by atoms with E-state index in [-0.39, 0.29) is 11.7 Å². The van der Waals surface area contributed by atoms with E-state index in [1.165, 1.54) is 16.1 Å². The summed E-state index contributed by atoms with van der Waals surface area (Å²) < 4.78 is 41.7. The van der Waals surface area contributed by atoms with Gasteiger partial charge < -0.3 is 19.9 Å². The maximum absolute atomic E-state index is 14.3. The summed E-state index contributed by atoms with van der Waals surface area (Å²) >= 11 is -1.94. The SMILES string of the molecule is NC(=O)c1cc(C2CC2)c(O[C@@H]2CCCN(c3ccccc3)C2)cc1F.O=S([O-])N1CCC1. The largest absolute Gasteiger partial charge is 0.760 e. The second-order valence-electron chi connectivity index (χ2n) is 8.67. The molecule has 5 rings (SSSR count). The molecule has 33 heavy (non-hydrogen) atoms. The Labute approximate surface area is 196 Å². The molecular formula is C24H29FN3O4S-. The Morgan fingerprint density at radius 1 is 1.09 bits per heavy atom. The predicted octanol–water partition coefficient (Wildman–Crippen LogP) is 3.34. The lowest BCUT2D eigenvalue weighted by Gasteiger charge is -2.35. The Bertz CT molecular complexity index is 999. The molecule has 1 saturated carbocycles. The molecule has 2 heterocycles. The lowest BCUT2D eigenvalue weighted by atomic mass is 10.0. The summed E-state index contributed by atoms with van der Waals surface area (Å²) in [5, 5.41) is 0. The molecule has 0 bridgehead atoms. The van der Waals surface area contributed by atoms with Crippen molar-refractivity contribution in [1.82, 2.24) is 4.31 Å². The second kappa shape index (κ2) is 10.6. The fourth-order valence-corrected chi connectivity index (χ4v) is 4.66. The third-order valence-corrected chi connectivity index (χ3v) is 6.99. The highest BCUT2D eigenvalue weighted by molar-refractivity contribution is 7.76. The van der Waals surface area contributed by atoms with E-state index in [0.29, 0.717) is 11.7 Å². The zero-order chi connectivity index (χ0) is 23.4. The number of para-hydroxylation sites is 1. The maximum Gasteiger partial charge on any atom is 0.251 e. The maximum atomic E-state index is 14.3. The first-order chi connectivity index (χ1) is 15.9. The van der Waals surface area contributed by atoms with E-state index in [9.17, 15) is 17.9 Å².